The quantitative estimate of drug-likeness (QED) is 0.275. The lowest BCUT2D eigenvalue weighted by molar-refractivity contribution is 0.123. The zero-order chi connectivity index (χ0) is 16.7. The summed E-state index contributed by atoms with van der Waals surface area (Å²) in [5.41, 5.74) is 1.57. The van der Waals surface area contributed by atoms with Crippen LogP contribution in [0.4, 0.5) is 4.39 Å². The number of nitrogens with one attached hydrogen (secondary N) is 2. The van der Waals surface area contributed by atoms with Crippen LogP contribution in [-0.2, 0) is 4.74 Å². The van der Waals surface area contributed by atoms with Crippen LogP contribution in [0.2, 0.25) is 0 Å². The van der Waals surface area contributed by atoms with E-state index in [1.165, 1.54) is 12.8 Å². The van der Waals surface area contributed by atoms with Crippen LogP contribution in [0.15, 0.2) is 23.2 Å². The molecule has 4 nitrogen and oxygen atoms in total. The van der Waals surface area contributed by atoms with E-state index in [0.29, 0.717) is 5.56 Å². The summed E-state index contributed by atoms with van der Waals surface area (Å²) in [7, 11) is 1.74. The highest BCUT2D eigenvalue weighted by Crippen LogP contribution is 2.28. The van der Waals surface area contributed by atoms with Gasteiger partial charge < -0.3 is 15.4 Å². The maximum Gasteiger partial charge on any atom is 0.191 e. The van der Waals surface area contributed by atoms with Crippen LogP contribution in [0.5, 0.6) is 0 Å². The topological polar surface area (TPSA) is 45.7 Å². The highest BCUT2D eigenvalue weighted by Gasteiger charge is 2.20. The van der Waals surface area contributed by atoms with Gasteiger partial charge in [0.05, 0.1) is 6.04 Å². The minimum Gasteiger partial charge on any atom is -0.381 e. The van der Waals surface area contributed by atoms with Crippen LogP contribution in [0.25, 0.3) is 0 Å². The number of halogens is 2. The minimum atomic E-state index is -0.174. The lowest BCUT2D eigenvalue weighted by Gasteiger charge is -2.18. The predicted octanol–water partition coefficient (Wildman–Crippen LogP) is 3.79. The number of hydrogen-bond acceptors (Lipinski definition) is 2. The molecule has 2 rings (SSSR count). The SMILES string of the molecule is CN=C(NCCCOCC1CC1)NC(C)c1ccc(C)c(F)c1.I. The zero-order valence-electron chi connectivity index (χ0n) is 14.8. The molecule has 0 heterocycles. The molecule has 136 valence electrons. The largest absolute Gasteiger partial charge is 0.381 e. The molecule has 0 aliphatic heterocycles. The van der Waals surface area contributed by atoms with Crippen LogP contribution in [0.3, 0.4) is 0 Å². The van der Waals surface area contributed by atoms with Gasteiger partial charge in [-0.1, -0.05) is 12.1 Å². The van der Waals surface area contributed by atoms with Gasteiger partial charge in [-0.3, -0.25) is 4.99 Å². The molecule has 1 atom stereocenters. The molecule has 0 amide bonds. The van der Waals surface area contributed by atoms with Crippen LogP contribution < -0.4 is 10.6 Å². The van der Waals surface area contributed by atoms with Crippen molar-refractivity contribution in [3.05, 3.63) is 35.1 Å². The van der Waals surface area contributed by atoms with Crippen molar-refractivity contribution < 1.29 is 9.13 Å². The molecule has 0 saturated heterocycles. The zero-order valence-corrected chi connectivity index (χ0v) is 17.1. The van der Waals surface area contributed by atoms with Crippen molar-refractivity contribution in [1.82, 2.24) is 10.6 Å². The van der Waals surface area contributed by atoms with Crippen LogP contribution in [0.1, 0.15) is 43.4 Å². The summed E-state index contributed by atoms with van der Waals surface area (Å²) in [6.45, 7) is 6.25. The van der Waals surface area contributed by atoms with E-state index in [0.717, 1.165) is 43.6 Å². The van der Waals surface area contributed by atoms with Gasteiger partial charge in [-0.2, -0.15) is 0 Å². The van der Waals surface area contributed by atoms with Crippen LogP contribution in [0, 0.1) is 18.7 Å². The van der Waals surface area contributed by atoms with Crippen molar-refractivity contribution in [1.29, 1.82) is 0 Å². The van der Waals surface area contributed by atoms with Crippen molar-refractivity contribution in [3.8, 4) is 0 Å². The Morgan fingerprint density at radius 2 is 2.17 bits per heavy atom. The molecule has 24 heavy (non-hydrogen) atoms. The Bertz CT molecular complexity index is 535. The first kappa shape index (κ1) is 21.2. The van der Waals surface area contributed by atoms with Gasteiger partial charge in [0.15, 0.2) is 5.96 Å². The second-order valence-corrected chi connectivity index (χ2v) is 6.25. The molecule has 0 bridgehead atoms. The maximum atomic E-state index is 13.7. The lowest BCUT2D eigenvalue weighted by Crippen LogP contribution is -2.39. The summed E-state index contributed by atoms with van der Waals surface area (Å²) in [5.74, 6) is 1.36. The number of benzene rings is 1. The van der Waals surface area contributed by atoms with Gasteiger partial charge in [0.1, 0.15) is 5.82 Å². The molecule has 6 heteroatoms. The van der Waals surface area contributed by atoms with Crippen molar-refractivity contribution >= 4 is 29.9 Å². The summed E-state index contributed by atoms with van der Waals surface area (Å²) >= 11 is 0. The van der Waals surface area contributed by atoms with Crippen LogP contribution >= 0.6 is 24.0 Å². The maximum absolute atomic E-state index is 13.7. The summed E-state index contributed by atoms with van der Waals surface area (Å²) in [5, 5.41) is 6.55. The Balaban J connectivity index is 0.00000288. The van der Waals surface area contributed by atoms with E-state index >= 15 is 0 Å². The molecule has 1 unspecified atom stereocenters. The Labute approximate surface area is 161 Å². The summed E-state index contributed by atoms with van der Waals surface area (Å²) in [6.07, 6.45) is 3.60. The van der Waals surface area contributed by atoms with Gasteiger partial charge in [-0.15, -0.1) is 24.0 Å². The number of guanidine groups is 1. The molecule has 0 radical (unpaired) electrons. The third-order valence-electron chi connectivity index (χ3n) is 4.08. The van der Waals surface area contributed by atoms with E-state index < -0.39 is 0 Å². The van der Waals surface area contributed by atoms with Gasteiger partial charge in [-0.25, -0.2) is 4.39 Å². The Kier molecular flexibility index (Phi) is 9.58. The average Bonchev–Trinajstić information content (AvgIpc) is 3.36. The summed E-state index contributed by atoms with van der Waals surface area (Å²) in [4.78, 5) is 4.21. The first-order valence-corrected chi connectivity index (χ1v) is 8.41. The number of aryl methyl sites for hydroxylation is 1. The number of rotatable bonds is 8. The van der Waals surface area contributed by atoms with E-state index in [1.807, 2.05) is 13.0 Å². The summed E-state index contributed by atoms with van der Waals surface area (Å²) < 4.78 is 19.3. The van der Waals surface area contributed by atoms with Crippen molar-refractivity contribution in [2.24, 2.45) is 10.9 Å². The molecular weight excluding hydrogens is 420 g/mol. The fourth-order valence-corrected chi connectivity index (χ4v) is 2.28. The Morgan fingerprint density at radius 1 is 1.42 bits per heavy atom. The van der Waals surface area contributed by atoms with E-state index in [-0.39, 0.29) is 35.8 Å². The van der Waals surface area contributed by atoms with Gasteiger partial charge in [0.2, 0.25) is 0 Å². The smallest absolute Gasteiger partial charge is 0.191 e. The van der Waals surface area contributed by atoms with E-state index in [1.54, 1.807) is 26.1 Å². The summed E-state index contributed by atoms with van der Waals surface area (Å²) in [6, 6.07) is 5.31. The van der Waals surface area contributed by atoms with Crippen molar-refractivity contribution in [3.63, 3.8) is 0 Å². The standard InChI is InChI=1S/C18H28FN3O.HI/c1-13-5-8-16(11-17(13)19)14(2)22-18(20-3)21-9-4-10-23-12-15-6-7-15;/h5,8,11,14-15H,4,6-7,9-10,12H2,1-3H3,(H2,20,21,22);1H. The second kappa shape index (κ2) is 10.9. The molecular formula is C18H29FIN3O. The molecule has 0 spiro atoms. The number of hydrogen-bond donors (Lipinski definition) is 2. The normalized spacial score (nSPS) is 15.6. The lowest BCUT2D eigenvalue weighted by atomic mass is 10.1. The highest BCUT2D eigenvalue weighted by molar-refractivity contribution is 14.0. The average molecular weight is 449 g/mol. The fraction of sp³-hybridized carbons (Fsp3) is 0.611. The molecule has 1 fully saturated rings. The third-order valence-corrected chi connectivity index (χ3v) is 4.08. The van der Waals surface area contributed by atoms with E-state index in [4.69, 9.17) is 4.74 Å². The number of ether oxygens (including phenoxy) is 1. The first-order chi connectivity index (χ1) is 11.1. The van der Waals surface area contributed by atoms with E-state index in [9.17, 15) is 4.39 Å². The Morgan fingerprint density at radius 3 is 2.79 bits per heavy atom. The highest BCUT2D eigenvalue weighted by atomic mass is 127. The molecule has 1 aromatic carbocycles. The second-order valence-electron chi connectivity index (χ2n) is 6.25. The third kappa shape index (κ3) is 7.34. The van der Waals surface area contributed by atoms with Crippen LogP contribution in [-0.4, -0.2) is 32.8 Å². The van der Waals surface area contributed by atoms with Gasteiger partial charge in [0.25, 0.3) is 0 Å². The van der Waals surface area contributed by atoms with Gasteiger partial charge in [-0.05, 0) is 56.2 Å². The molecule has 1 aromatic rings. The number of nitrogens with zero attached hydrogens (tertiary/aromatic N) is 1. The molecule has 2 N–H and O–H groups in total. The van der Waals surface area contributed by atoms with E-state index in [2.05, 4.69) is 15.6 Å². The first-order valence-electron chi connectivity index (χ1n) is 8.41. The van der Waals surface area contributed by atoms with Crippen molar-refractivity contribution in [2.75, 3.05) is 26.8 Å². The fourth-order valence-electron chi connectivity index (χ4n) is 2.28. The molecule has 1 saturated carbocycles. The Hall–Kier alpha value is -0.890. The van der Waals surface area contributed by atoms with Gasteiger partial charge >= 0.3 is 0 Å². The molecule has 0 aromatic heterocycles. The van der Waals surface area contributed by atoms with Gasteiger partial charge in [0, 0.05) is 26.8 Å². The number of aliphatic imine (C=N–C) groups is 1. The van der Waals surface area contributed by atoms with Crippen molar-refractivity contribution in [2.45, 2.75) is 39.2 Å². The predicted molar refractivity (Wildman–Crippen MR) is 108 cm³/mol. The molecule has 1 aliphatic carbocycles. The molecule has 1 aliphatic rings. The minimum absolute atomic E-state index is 0. The monoisotopic (exact) mass is 449 g/mol.